The molecule has 2 saturated heterocycles. The lowest BCUT2D eigenvalue weighted by Gasteiger charge is -2.38. The van der Waals surface area contributed by atoms with Crippen molar-refractivity contribution < 1.29 is 38.2 Å². The molecule has 2 aliphatic heterocycles. The number of likely N-dealkylation sites (tertiary alicyclic amines) is 2. The summed E-state index contributed by atoms with van der Waals surface area (Å²) in [6.45, 7) is 17.4. The van der Waals surface area contributed by atoms with Crippen molar-refractivity contribution in [2.45, 2.75) is 143 Å². The summed E-state index contributed by atoms with van der Waals surface area (Å²) in [6.07, 6.45) is 7.38. The fourth-order valence-electron chi connectivity index (χ4n) is 7.60. The van der Waals surface area contributed by atoms with Gasteiger partial charge in [-0.1, -0.05) is 12.1 Å². The minimum absolute atomic E-state index is 0.0140. The van der Waals surface area contributed by atoms with E-state index in [1.54, 1.807) is 40.7 Å². The van der Waals surface area contributed by atoms with Crippen molar-refractivity contribution in [1.29, 1.82) is 0 Å². The first-order chi connectivity index (χ1) is 27.2. The van der Waals surface area contributed by atoms with Crippen LogP contribution in [0.1, 0.15) is 121 Å². The molecular formula is C44H60N6O8. The molecule has 0 atom stereocenters. The van der Waals surface area contributed by atoms with Crippen LogP contribution in [-0.2, 0) is 61.0 Å². The molecule has 58 heavy (non-hydrogen) atoms. The molecule has 4 amide bonds. The van der Waals surface area contributed by atoms with E-state index in [9.17, 15) is 28.8 Å². The van der Waals surface area contributed by atoms with E-state index in [0.29, 0.717) is 77.8 Å². The normalized spacial score (nSPS) is 17.4. The largest absolute Gasteiger partial charge is 0.444 e. The molecule has 4 heterocycles. The molecule has 2 aromatic heterocycles. The predicted molar refractivity (Wildman–Crippen MR) is 217 cm³/mol. The second-order valence-corrected chi connectivity index (χ2v) is 17.6. The van der Waals surface area contributed by atoms with Gasteiger partial charge in [0.1, 0.15) is 17.0 Å². The molecule has 0 bridgehead atoms. The average Bonchev–Trinajstić information content (AvgIpc) is 3.14. The highest BCUT2D eigenvalue weighted by Crippen LogP contribution is 2.26. The lowest BCUT2D eigenvalue weighted by Crippen LogP contribution is -2.49. The number of rotatable bonds is 6. The summed E-state index contributed by atoms with van der Waals surface area (Å²) in [4.78, 5) is 89.1. The molecule has 0 saturated carbocycles. The summed E-state index contributed by atoms with van der Waals surface area (Å²) in [5, 5.41) is 0. The van der Waals surface area contributed by atoms with Gasteiger partial charge < -0.3 is 19.3 Å². The number of fused-ring (bicyclic) bond motifs is 2. The van der Waals surface area contributed by atoms with Gasteiger partial charge in [0.15, 0.2) is 5.78 Å². The third-order valence-electron chi connectivity index (χ3n) is 10.6. The quantitative estimate of drug-likeness (QED) is 0.347. The maximum Gasteiger partial charge on any atom is 0.410 e. The maximum atomic E-state index is 13.0. The maximum absolute atomic E-state index is 13.0. The van der Waals surface area contributed by atoms with E-state index >= 15 is 0 Å². The highest BCUT2D eigenvalue weighted by Gasteiger charge is 2.34. The van der Waals surface area contributed by atoms with Gasteiger partial charge in [-0.15, -0.1) is 0 Å². The minimum atomic E-state index is -0.601. The lowest BCUT2D eigenvalue weighted by molar-refractivity contribution is -0.131. The molecule has 0 unspecified atom stereocenters. The van der Waals surface area contributed by atoms with Crippen LogP contribution < -0.4 is 0 Å². The second kappa shape index (κ2) is 18.6. The van der Waals surface area contributed by atoms with Gasteiger partial charge in [0.05, 0.1) is 42.3 Å². The van der Waals surface area contributed by atoms with E-state index in [-0.39, 0.29) is 54.1 Å². The zero-order chi connectivity index (χ0) is 42.4. The molecule has 2 aliphatic carbocycles. The highest BCUT2D eigenvalue weighted by atomic mass is 16.6. The van der Waals surface area contributed by atoms with Crippen LogP contribution in [0.5, 0.6) is 0 Å². The van der Waals surface area contributed by atoms with Crippen molar-refractivity contribution in [3.63, 3.8) is 0 Å². The molecule has 6 rings (SSSR count). The average molecular weight is 801 g/mol. The van der Waals surface area contributed by atoms with E-state index in [2.05, 4.69) is 9.97 Å². The predicted octanol–water partition coefficient (Wildman–Crippen LogP) is 5.86. The Kier molecular flexibility index (Phi) is 14.1. The number of Topliss-reactive ketones (excluding diaryl/α,β-unsaturated/α-hetero) is 1. The summed E-state index contributed by atoms with van der Waals surface area (Å²) in [6, 6.07) is 7.75. The number of carbonyl (C=O) groups excluding carboxylic acids is 6. The SMILES string of the molecule is CC(=O)N1CCC(N(Cc2ccc3c(n2)CC(=O)C=C3)C(=O)OC(C)(C)C)CC1.CC(=O)N1CCC(N(Cc2ccc3c(n2)CC(=O)CC3)C(=O)OC(C)(C)C)CC1. The number of piperidine rings is 2. The fraction of sp³-hybridized carbons (Fsp3) is 0.591. The van der Waals surface area contributed by atoms with Gasteiger partial charge in [-0.2, -0.15) is 0 Å². The molecule has 0 spiro atoms. The molecule has 0 N–H and O–H groups in total. The van der Waals surface area contributed by atoms with Crippen molar-refractivity contribution in [2.75, 3.05) is 26.2 Å². The Balaban J connectivity index is 0.000000221. The number of aryl methyl sites for hydroxylation is 1. The summed E-state index contributed by atoms with van der Waals surface area (Å²) >= 11 is 0. The third-order valence-corrected chi connectivity index (χ3v) is 10.6. The number of aromatic nitrogens is 2. The summed E-state index contributed by atoms with van der Waals surface area (Å²) in [5.41, 5.74) is 3.92. The first-order valence-corrected chi connectivity index (χ1v) is 20.4. The number of amides is 4. The van der Waals surface area contributed by atoms with Crippen molar-refractivity contribution in [3.8, 4) is 0 Å². The third kappa shape index (κ3) is 12.4. The van der Waals surface area contributed by atoms with E-state index in [1.165, 1.54) is 0 Å². The number of pyridine rings is 2. The number of hydrogen-bond donors (Lipinski definition) is 0. The van der Waals surface area contributed by atoms with Crippen molar-refractivity contribution >= 4 is 41.6 Å². The lowest BCUT2D eigenvalue weighted by atomic mass is 9.95. The Morgan fingerprint density at radius 3 is 1.59 bits per heavy atom. The zero-order valence-corrected chi connectivity index (χ0v) is 35.5. The minimum Gasteiger partial charge on any atom is -0.444 e. The van der Waals surface area contributed by atoms with E-state index in [0.717, 1.165) is 40.3 Å². The van der Waals surface area contributed by atoms with E-state index < -0.39 is 11.2 Å². The molecule has 2 fully saturated rings. The molecule has 0 aromatic carbocycles. The van der Waals surface area contributed by atoms with Gasteiger partial charge in [0, 0.05) is 65.0 Å². The van der Waals surface area contributed by atoms with Crippen LogP contribution in [0.4, 0.5) is 9.59 Å². The smallest absolute Gasteiger partial charge is 0.410 e. The number of ketones is 2. The number of hydrogen-bond acceptors (Lipinski definition) is 10. The van der Waals surface area contributed by atoms with Gasteiger partial charge in [-0.05, 0) is 109 Å². The number of allylic oxidation sites excluding steroid dienone is 1. The molecular weight excluding hydrogens is 741 g/mol. The molecule has 14 heteroatoms. The van der Waals surface area contributed by atoms with Crippen LogP contribution in [0.25, 0.3) is 6.08 Å². The van der Waals surface area contributed by atoms with Crippen molar-refractivity contribution in [1.82, 2.24) is 29.6 Å². The van der Waals surface area contributed by atoms with Gasteiger partial charge in [0.2, 0.25) is 11.8 Å². The Labute approximate surface area is 342 Å². The first kappa shape index (κ1) is 44.0. The number of nitrogens with zero attached hydrogens (tertiary/aromatic N) is 6. The van der Waals surface area contributed by atoms with E-state index in [4.69, 9.17) is 9.47 Å². The molecule has 2 aromatic rings. The zero-order valence-electron chi connectivity index (χ0n) is 35.5. The topological polar surface area (TPSA) is 160 Å². The van der Waals surface area contributed by atoms with Gasteiger partial charge in [0.25, 0.3) is 0 Å². The van der Waals surface area contributed by atoms with Crippen LogP contribution in [-0.4, -0.2) is 115 Å². The second-order valence-electron chi connectivity index (χ2n) is 17.6. The van der Waals surface area contributed by atoms with E-state index in [1.807, 2.05) is 70.7 Å². The molecule has 0 radical (unpaired) electrons. The summed E-state index contributed by atoms with van der Waals surface area (Å²) in [7, 11) is 0. The Morgan fingerprint density at radius 2 is 1.12 bits per heavy atom. The molecule has 14 nitrogen and oxygen atoms in total. The van der Waals surface area contributed by atoms with Crippen LogP contribution in [0.3, 0.4) is 0 Å². The molecule has 314 valence electrons. The number of ether oxygens (including phenoxy) is 2. The van der Waals surface area contributed by atoms with Crippen molar-refractivity contribution in [2.24, 2.45) is 0 Å². The molecule has 4 aliphatic rings. The van der Waals surface area contributed by atoms with Gasteiger partial charge in [-0.25, -0.2) is 9.59 Å². The fourth-order valence-corrected chi connectivity index (χ4v) is 7.60. The van der Waals surface area contributed by atoms with Gasteiger partial charge in [-0.3, -0.25) is 38.9 Å². The Morgan fingerprint density at radius 1 is 0.655 bits per heavy atom. The summed E-state index contributed by atoms with van der Waals surface area (Å²) < 4.78 is 11.3. The van der Waals surface area contributed by atoms with Crippen LogP contribution >= 0.6 is 0 Å². The van der Waals surface area contributed by atoms with Crippen LogP contribution in [0, 0.1) is 0 Å². The van der Waals surface area contributed by atoms with Crippen LogP contribution in [0.2, 0.25) is 0 Å². The standard InChI is InChI=1S/C22H31N3O4.C22H29N3O4/c2*1-15(26)24-11-9-18(10-12-24)25(21(28)29-22(2,3)4)14-17-7-5-16-6-8-19(27)13-20(16)23-17/h5,7,18H,6,8-14H2,1-4H3;5-8,18H,9-14H2,1-4H3. The monoisotopic (exact) mass is 800 g/mol. The summed E-state index contributed by atoms with van der Waals surface area (Å²) in [5.74, 6) is 0.361. The first-order valence-electron chi connectivity index (χ1n) is 20.4. The Hall–Kier alpha value is -5.14. The van der Waals surface area contributed by atoms with Crippen molar-refractivity contribution in [3.05, 3.63) is 64.2 Å². The highest BCUT2D eigenvalue weighted by molar-refractivity contribution is 5.97. The van der Waals surface area contributed by atoms with Crippen LogP contribution in [0.15, 0.2) is 30.3 Å². The number of carbonyl (C=O) groups is 6. The Bertz CT molecular complexity index is 1900. The van der Waals surface area contributed by atoms with Gasteiger partial charge >= 0.3 is 12.2 Å².